The molecule has 2 N–H and O–H groups in total. The Kier molecular flexibility index (Phi) is 5.37. The summed E-state index contributed by atoms with van der Waals surface area (Å²) in [4.78, 5) is 23.1. The highest BCUT2D eigenvalue weighted by atomic mass is 16.4. The Morgan fingerprint density at radius 2 is 2.14 bits per heavy atom. The number of aryl methyl sites for hydroxylation is 1. The van der Waals surface area contributed by atoms with Crippen LogP contribution in [0.25, 0.3) is 0 Å². The van der Waals surface area contributed by atoms with E-state index in [0.717, 1.165) is 25.7 Å². The maximum atomic E-state index is 11.7. The van der Waals surface area contributed by atoms with Crippen molar-refractivity contribution >= 4 is 11.9 Å². The molecule has 1 aliphatic rings. The molecule has 0 bridgehead atoms. The third-order valence-electron chi connectivity index (χ3n) is 4.12. The number of carboxylic acid groups (broad SMARTS) is 1. The molecule has 0 aliphatic heterocycles. The fourth-order valence-electron chi connectivity index (χ4n) is 3.10. The van der Waals surface area contributed by atoms with Crippen molar-refractivity contribution in [3.63, 3.8) is 0 Å². The van der Waals surface area contributed by atoms with Crippen LogP contribution in [-0.4, -0.2) is 23.0 Å². The first-order chi connectivity index (χ1) is 10.1. The lowest BCUT2D eigenvalue weighted by atomic mass is 9.79. The molecular formula is C17H23NO3. The number of carboxylic acids is 1. The van der Waals surface area contributed by atoms with Gasteiger partial charge in [0, 0.05) is 6.42 Å². The number of fused-ring (bicyclic) bond motifs is 1. The fourth-order valence-corrected chi connectivity index (χ4v) is 3.10. The van der Waals surface area contributed by atoms with Crippen LogP contribution in [0.15, 0.2) is 24.3 Å². The molecule has 0 fully saturated rings. The lowest BCUT2D eigenvalue weighted by Crippen LogP contribution is -2.42. The van der Waals surface area contributed by atoms with E-state index in [-0.39, 0.29) is 11.8 Å². The Balaban J connectivity index is 2.08. The van der Waals surface area contributed by atoms with E-state index < -0.39 is 12.0 Å². The minimum atomic E-state index is -0.942. The van der Waals surface area contributed by atoms with Crippen molar-refractivity contribution in [2.45, 2.75) is 57.4 Å². The van der Waals surface area contributed by atoms with E-state index in [1.807, 2.05) is 19.1 Å². The zero-order valence-corrected chi connectivity index (χ0v) is 12.5. The first-order valence-corrected chi connectivity index (χ1v) is 7.71. The van der Waals surface area contributed by atoms with Gasteiger partial charge in [-0.2, -0.15) is 0 Å². The zero-order valence-electron chi connectivity index (χ0n) is 12.5. The van der Waals surface area contributed by atoms with Crippen molar-refractivity contribution in [2.24, 2.45) is 0 Å². The summed E-state index contributed by atoms with van der Waals surface area (Å²) in [5.74, 6) is -0.894. The highest BCUT2D eigenvalue weighted by molar-refractivity contribution is 5.83. The maximum absolute atomic E-state index is 11.7. The van der Waals surface area contributed by atoms with Gasteiger partial charge in [-0.1, -0.05) is 31.2 Å². The van der Waals surface area contributed by atoms with Crippen LogP contribution in [0.3, 0.4) is 0 Å². The monoisotopic (exact) mass is 289 g/mol. The number of hydrogen-bond donors (Lipinski definition) is 2. The summed E-state index contributed by atoms with van der Waals surface area (Å²) in [6.07, 6.45) is 4.71. The SMILES string of the molecule is CCCC(=O)NC(CC1CCCc2ccccc21)C(=O)O. The number of benzene rings is 1. The second-order valence-electron chi connectivity index (χ2n) is 5.73. The molecule has 4 nitrogen and oxygen atoms in total. The fraction of sp³-hybridized carbons (Fsp3) is 0.529. The number of amides is 1. The van der Waals surface area contributed by atoms with Gasteiger partial charge < -0.3 is 10.4 Å². The van der Waals surface area contributed by atoms with E-state index in [1.54, 1.807) is 0 Å². The van der Waals surface area contributed by atoms with Gasteiger partial charge in [-0.25, -0.2) is 4.79 Å². The topological polar surface area (TPSA) is 66.4 Å². The predicted molar refractivity (Wildman–Crippen MR) is 81.2 cm³/mol. The van der Waals surface area contributed by atoms with E-state index in [2.05, 4.69) is 17.4 Å². The predicted octanol–water partition coefficient (Wildman–Crippen LogP) is 2.87. The van der Waals surface area contributed by atoms with Crippen molar-refractivity contribution < 1.29 is 14.7 Å². The van der Waals surface area contributed by atoms with Crippen molar-refractivity contribution in [1.82, 2.24) is 5.32 Å². The Labute approximate surface area is 125 Å². The highest BCUT2D eigenvalue weighted by Gasteiger charge is 2.27. The second-order valence-corrected chi connectivity index (χ2v) is 5.73. The molecule has 0 saturated heterocycles. The zero-order chi connectivity index (χ0) is 15.2. The Morgan fingerprint density at radius 1 is 1.38 bits per heavy atom. The molecule has 114 valence electrons. The molecule has 0 heterocycles. The van der Waals surface area contributed by atoms with Crippen molar-refractivity contribution in [1.29, 1.82) is 0 Å². The van der Waals surface area contributed by atoms with Gasteiger partial charge >= 0.3 is 5.97 Å². The number of rotatable bonds is 6. The van der Waals surface area contributed by atoms with Gasteiger partial charge in [0.05, 0.1) is 0 Å². The third-order valence-corrected chi connectivity index (χ3v) is 4.12. The Bertz CT molecular complexity index is 513. The number of hydrogen-bond acceptors (Lipinski definition) is 2. The van der Waals surface area contributed by atoms with E-state index in [9.17, 15) is 14.7 Å². The molecule has 1 aromatic carbocycles. The molecule has 2 atom stereocenters. The summed E-state index contributed by atoms with van der Waals surface area (Å²) in [7, 11) is 0. The molecule has 21 heavy (non-hydrogen) atoms. The van der Waals surface area contributed by atoms with E-state index in [1.165, 1.54) is 11.1 Å². The lowest BCUT2D eigenvalue weighted by Gasteiger charge is -2.28. The van der Waals surface area contributed by atoms with Crippen LogP contribution in [0.1, 0.15) is 56.1 Å². The van der Waals surface area contributed by atoms with Crippen molar-refractivity contribution in [3.05, 3.63) is 35.4 Å². The summed E-state index contributed by atoms with van der Waals surface area (Å²) in [5.41, 5.74) is 2.57. The molecule has 1 aromatic rings. The average molecular weight is 289 g/mol. The Morgan fingerprint density at radius 3 is 2.86 bits per heavy atom. The van der Waals surface area contributed by atoms with E-state index in [0.29, 0.717) is 12.8 Å². The quantitative estimate of drug-likeness (QED) is 0.846. The molecule has 4 heteroatoms. The van der Waals surface area contributed by atoms with Crippen LogP contribution in [0.5, 0.6) is 0 Å². The third kappa shape index (κ3) is 4.06. The molecule has 0 saturated carbocycles. The Hall–Kier alpha value is -1.84. The number of aliphatic carboxylic acids is 1. The second kappa shape index (κ2) is 7.25. The smallest absolute Gasteiger partial charge is 0.326 e. The first kappa shape index (κ1) is 15.5. The number of carbonyl (C=O) groups is 2. The maximum Gasteiger partial charge on any atom is 0.326 e. The van der Waals surface area contributed by atoms with Gasteiger partial charge in [-0.3, -0.25) is 4.79 Å². The van der Waals surface area contributed by atoms with Crippen LogP contribution in [0.2, 0.25) is 0 Å². The standard InChI is InChI=1S/C17H23NO3/c1-2-6-16(19)18-15(17(20)21)11-13-9-5-8-12-7-3-4-10-14(12)13/h3-4,7,10,13,15H,2,5-6,8-9,11H2,1H3,(H,18,19)(H,20,21). The summed E-state index contributed by atoms with van der Waals surface area (Å²) in [6.45, 7) is 1.91. The largest absolute Gasteiger partial charge is 0.480 e. The molecule has 1 amide bonds. The van der Waals surface area contributed by atoms with Gasteiger partial charge in [-0.05, 0) is 49.1 Å². The van der Waals surface area contributed by atoms with Crippen molar-refractivity contribution in [2.75, 3.05) is 0 Å². The highest BCUT2D eigenvalue weighted by Crippen LogP contribution is 2.34. The molecule has 0 radical (unpaired) electrons. The first-order valence-electron chi connectivity index (χ1n) is 7.71. The van der Waals surface area contributed by atoms with Crippen LogP contribution < -0.4 is 5.32 Å². The van der Waals surface area contributed by atoms with Gasteiger partial charge in [0.2, 0.25) is 5.91 Å². The summed E-state index contributed by atoms with van der Waals surface area (Å²) in [6, 6.07) is 7.45. The number of carbonyl (C=O) groups excluding carboxylic acids is 1. The van der Waals surface area contributed by atoms with Crippen LogP contribution in [0.4, 0.5) is 0 Å². The average Bonchev–Trinajstić information content (AvgIpc) is 2.47. The minimum absolute atomic E-state index is 0.172. The molecule has 2 rings (SSSR count). The summed E-state index contributed by atoms with van der Waals surface area (Å²) >= 11 is 0. The van der Waals surface area contributed by atoms with Crippen molar-refractivity contribution in [3.8, 4) is 0 Å². The molecular weight excluding hydrogens is 266 g/mol. The lowest BCUT2D eigenvalue weighted by molar-refractivity contribution is -0.142. The number of nitrogens with one attached hydrogen (secondary N) is 1. The van der Waals surface area contributed by atoms with Crippen LogP contribution in [-0.2, 0) is 16.0 Å². The van der Waals surface area contributed by atoms with E-state index >= 15 is 0 Å². The molecule has 1 aliphatic carbocycles. The van der Waals surface area contributed by atoms with Gasteiger partial charge in [0.1, 0.15) is 6.04 Å². The van der Waals surface area contributed by atoms with E-state index in [4.69, 9.17) is 0 Å². The molecule has 2 unspecified atom stereocenters. The van der Waals surface area contributed by atoms with Gasteiger partial charge in [0.25, 0.3) is 0 Å². The van der Waals surface area contributed by atoms with Crippen LogP contribution in [0, 0.1) is 0 Å². The summed E-state index contributed by atoms with van der Waals surface area (Å²) < 4.78 is 0. The summed E-state index contributed by atoms with van der Waals surface area (Å²) in [5, 5.41) is 12.0. The van der Waals surface area contributed by atoms with Gasteiger partial charge in [-0.15, -0.1) is 0 Å². The minimum Gasteiger partial charge on any atom is -0.480 e. The van der Waals surface area contributed by atoms with Crippen LogP contribution >= 0.6 is 0 Å². The van der Waals surface area contributed by atoms with Gasteiger partial charge in [0.15, 0.2) is 0 Å². The molecule has 0 aromatic heterocycles. The molecule has 0 spiro atoms. The normalized spacial score (nSPS) is 18.6.